The zero-order valence-electron chi connectivity index (χ0n) is 17.2. The first-order valence-electron chi connectivity index (χ1n) is 10.8. The lowest BCUT2D eigenvalue weighted by atomic mass is 9.98. The molecule has 1 fully saturated rings. The van der Waals surface area contributed by atoms with E-state index in [0.29, 0.717) is 12.6 Å². The van der Waals surface area contributed by atoms with Crippen LogP contribution in [-0.4, -0.2) is 24.9 Å². The fourth-order valence-electron chi connectivity index (χ4n) is 3.99. The minimum Gasteiger partial charge on any atom is -0.464 e. The summed E-state index contributed by atoms with van der Waals surface area (Å²) in [5, 5.41) is 6.87. The van der Waals surface area contributed by atoms with Crippen LogP contribution in [-0.2, 0) is 24.1 Å². The molecule has 4 heteroatoms. The summed E-state index contributed by atoms with van der Waals surface area (Å²) in [4.78, 5) is 11.1. The maximum atomic E-state index is 11.1. The predicted octanol–water partition coefficient (Wildman–Crippen LogP) is 4.38. The molecule has 3 rings (SSSR count). The molecule has 2 N–H and O–H groups in total. The van der Waals surface area contributed by atoms with Crippen LogP contribution in [0.5, 0.6) is 0 Å². The van der Waals surface area contributed by atoms with Crippen LogP contribution >= 0.6 is 0 Å². The van der Waals surface area contributed by atoms with Crippen LogP contribution in [0.3, 0.4) is 0 Å². The summed E-state index contributed by atoms with van der Waals surface area (Å²) in [5.74, 6) is 1.99. The third-order valence-electron chi connectivity index (χ3n) is 5.81. The van der Waals surface area contributed by atoms with Gasteiger partial charge in [0.15, 0.2) is 0 Å². The number of rotatable bonds is 10. The SMILES string of the molecule is CCc1ccc(CCCCCc2ccc([C@@H]3NC(C=O)CN[C@H]3CC)o2)cc1. The van der Waals surface area contributed by atoms with Gasteiger partial charge >= 0.3 is 0 Å². The quantitative estimate of drug-likeness (QED) is 0.473. The standard InChI is InChI=1S/C24H34N2O2/c1-3-18-10-12-19(13-11-18)8-6-5-7-9-21-14-15-23(28-21)24-22(4-2)25-16-20(17-27)26-24/h10-15,17,20,22,24-26H,3-9,16H2,1-2H3/t20?,22-,24+/m0/s1. The molecule has 1 aliphatic heterocycles. The third kappa shape index (κ3) is 5.55. The number of carbonyl (C=O) groups is 1. The van der Waals surface area contributed by atoms with Crippen LogP contribution in [0, 0.1) is 0 Å². The van der Waals surface area contributed by atoms with Crippen LogP contribution in [0.1, 0.15) is 68.2 Å². The molecule has 4 nitrogen and oxygen atoms in total. The summed E-state index contributed by atoms with van der Waals surface area (Å²) in [6, 6.07) is 13.4. The maximum absolute atomic E-state index is 11.1. The van der Waals surface area contributed by atoms with Gasteiger partial charge in [-0.3, -0.25) is 5.32 Å². The fraction of sp³-hybridized carbons (Fsp3) is 0.542. The molecule has 1 aromatic heterocycles. The summed E-state index contributed by atoms with van der Waals surface area (Å²) < 4.78 is 6.12. The topological polar surface area (TPSA) is 54.3 Å². The van der Waals surface area contributed by atoms with Gasteiger partial charge in [-0.2, -0.15) is 0 Å². The molecule has 2 heterocycles. The van der Waals surface area contributed by atoms with Crippen LogP contribution in [0.25, 0.3) is 0 Å². The number of carbonyl (C=O) groups excluding carboxylic acids is 1. The number of hydrogen-bond acceptors (Lipinski definition) is 4. The number of hydrogen-bond donors (Lipinski definition) is 2. The molecule has 152 valence electrons. The van der Waals surface area contributed by atoms with E-state index in [4.69, 9.17) is 4.42 Å². The van der Waals surface area contributed by atoms with Gasteiger partial charge in [-0.25, -0.2) is 0 Å². The van der Waals surface area contributed by atoms with E-state index in [0.717, 1.165) is 49.9 Å². The van der Waals surface area contributed by atoms with Gasteiger partial charge in [0.1, 0.15) is 17.8 Å². The molecule has 28 heavy (non-hydrogen) atoms. The van der Waals surface area contributed by atoms with Gasteiger partial charge in [0.05, 0.1) is 12.1 Å². The molecule has 1 saturated heterocycles. The van der Waals surface area contributed by atoms with Crippen LogP contribution in [0.4, 0.5) is 0 Å². The Morgan fingerprint density at radius 3 is 2.46 bits per heavy atom. The zero-order valence-corrected chi connectivity index (χ0v) is 17.2. The first-order valence-corrected chi connectivity index (χ1v) is 10.8. The molecule has 0 amide bonds. The first-order chi connectivity index (χ1) is 13.7. The van der Waals surface area contributed by atoms with Crippen molar-refractivity contribution in [3.63, 3.8) is 0 Å². The van der Waals surface area contributed by atoms with Crippen molar-refractivity contribution in [2.45, 2.75) is 76.9 Å². The second-order valence-corrected chi connectivity index (χ2v) is 7.84. The number of benzene rings is 1. The molecule has 1 aliphatic rings. The monoisotopic (exact) mass is 382 g/mol. The third-order valence-corrected chi connectivity index (χ3v) is 5.81. The van der Waals surface area contributed by atoms with Crippen molar-refractivity contribution in [1.29, 1.82) is 0 Å². The fourth-order valence-corrected chi connectivity index (χ4v) is 3.99. The minimum absolute atomic E-state index is 0.0637. The number of aldehydes is 1. The molecule has 0 saturated carbocycles. The number of nitrogens with one attached hydrogen (secondary N) is 2. The van der Waals surface area contributed by atoms with Crippen LogP contribution in [0.15, 0.2) is 40.8 Å². The molecular weight excluding hydrogens is 348 g/mol. The van der Waals surface area contributed by atoms with Crippen molar-refractivity contribution in [2.24, 2.45) is 0 Å². The van der Waals surface area contributed by atoms with E-state index in [-0.39, 0.29) is 12.1 Å². The van der Waals surface area contributed by atoms with Crippen molar-refractivity contribution < 1.29 is 9.21 Å². The lowest BCUT2D eigenvalue weighted by Gasteiger charge is -2.35. The Morgan fingerprint density at radius 2 is 1.75 bits per heavy atom. The van der Waals surface area contributed by atoms with Crippen LogP contribution in [0.2, 0.25) is 0 Å². The Kier molecular flexibility index (Phi) is 7.87. The summed E-state index contributed by atoms with van der Waals surface area (Å²) in [6.07, 6.45) is 8.77. The molecule has 0 radical (unpaired) electrons. The second kappa shape index (κ2) is 10.6. The zero-order chi connectivity index (χ0) is 19.8. The van der Waals surface area contributed by atoms with Crippen molar-refractivity contribution in [2.75, 3.05) is 6.54 Å². The number of aryl methyl sites for hydroxylation is 3. The summed E-state index contributed by atoms with van der Waals surface area (Å²) in [6.45, 7) is 5.04. The van der Waals surface area contributed by atoms with Gasteiger partial charge in [-0.1, -0.05) is 44.5 Å². The van der Waals surface area contributed by atoms with Crippen molar-refractivity contribution in [3.05, 3.63) is 59.0 Å². The maximum Gasteiger partial charge on any atom is 0.138 e. The van der Waals surface area contributed by atoms with Gasteiger partial charge in [0, 0.05) is 19.0 Å². The lowest BCUT2D eigenvalue weighted by molar-refractivity contribution is -0.110. The predicted molar refractivity (Wildman–Crippen MR) is 114 cm³/mol. The van der Waals surface area contributed by atoms with E-state index >= 15 is 0 Å². The summed E-state index contributed by atoms with van der Waals surface area (Å²) >= 11 is 0. The molecule has 1 unspecified atom stereocenters. The van der Waals surface area contributed by atoms with Gasteiger partial charge < -0.3 is 14.5 Å². The van der Waals surface area contributed by atoms with E-state index in [1.807, 2.05) is 0 Å². The van der Waals surface area contributed by atoms with Gasteiger partial charge in [-0.05, 0) is 55.4 Å². The highest BCUT2D eigenvalue weighted by molar-refractivity contribution is 5.58. The first kappa shape index (κ1) is 20.8. The van der Waals surface area contributed by atoms with E-state index < -0.39 is 0 Å². The van der Waals surface area contributed by atoms with E-state index in [1.165, 1.54) is 24.0 Å². The van der Waals surface area contributed by atoms with E-state index in [1.54, 1.807) is 0 Å². The highest BCUT2D eigenvalue weighted by Crippen LogP contribution is 2.25. The van der Waals surface area contributed by atoms with Gasteiger partial charge in [-0.15, -0.1) is 0 Å². The summed E-state index contributed by atoms with van der Waals surface area (Å²) in [5.41, 5.74) is 2.84. The van der Waals surface area contributed by atoms with Crippen molar-refractivity contribution in [1.82, 2.24) is 10.6 Å². The normalized spacial score (nSPS) is 22.3. The van der Waals surface area contributed by atoms with Gasteiger partial charge in [0.25, 0.3) is 0 Å². The average Bonchev–Trinajstić information content (AvgIpc) is 3.22. The molecule has 2 aromatic rings. The molecule has 0 bridgehead atoms. The molecule has 0 spiro atoms. The van der Waals surface area contributed by atoms with E-state index in [9.17, 15) is 4.79 Å². The highest BCUT2D eigenvalue weighted by atomic mass is 16.3. The lowest BCUT2D eigenvalue weighted by Crippen LogP contribution is -2.56. The Balaban J connectivity index is 1.43. The smallest absolute Gasteiger partial charge is 0.138 e. The molecule has 1 aromatic carbocycles. The summed E-state index contributed by atoms with van der Waals surface area (Å²) in [7, 11) is 0. The number of unbranched alkanes of at least 4 members (excludes halogenated alkanes) is 2. The molecule has 0 aliphatic carbocycles. The Morgan fingerprint density at radius 1 is 1.00 bits per heavy atom. The average molecular weight is 383 g/mol. The van der Waals surface area contributed by atoms with Gasteiger partial charge in [0.2, 0.25) is 0 Å². The number of furan rings is 1. The highest BCUT2D eigenvalue weighted by Gasteiger charge is 2.31. The van der Waals surface area contributed by atoms with Crippen molar-refractivity contribution >= 4 is 6.29 Å². The van der Waals surface area contributed by atoms with Crippen molar-refractivity contribution in [3.8, 4) is 0 Å². The Bertz CT molecular complexity index is 722. The van der Waals surface area contributed by atoms with Crippen LogP contribution < -0.4 is 10.6 Å². The minimum atomic E-state index is -0.146. The Labute approximate surface area is 169 Å². The second-order valence-electron chi connectivity index (χ2n) is 7.84. The molecular formula is C24H34N2O2. The number of piperazine rings is 1. The largest absolute Gasteiger partial charge is 0.464 e. The molecule has 3 atom stereocenters. The van der Waals surface area contributed by atoms with E-state index in [2.05, 4.69) is 60.9 Å². The Hall–Kier alpha value is -1.91.